The summed E-state index contributed by atoms with van der Waals surface area (Å²) in [6, 6.07) is 11.6. The number of hydrogen-bond acceptors (Lipinski definition) is 3. The van der Waals surface area contributed by atoms with E-state index in [1.807, 2.05) is 43.3 Å². The van der Waals surface area contributed by atoms with Crippen molar-refractivity contribution in [3.05, 3.63) is 54.0 Å². The number of carbonyl (C=O) groups excluding carboxylic acids is 1. The van der Waals surface area contributed by atoms with E-state index in [1.165, 1.54) is 5.56 Å². The highest BCUT2D eigenvalue weighted by Gasteiger charge is 2.04. The lowest BCUT2D eigenvalue weighted by atomic mass is 10.1. The van der Waals surface area contributed by atoms with Gasteiger partial charge in [-0.2, -0.15) is 0 Å². The molecule has 0 spiro atoms. The van der Waals surface area contributed by atoms with Gasteiger partial charge in [-0.05, 0) is 43.2 Å². The van der Waals surface area contributed by atoms with Gasteiger partial charge in [0.25, 0.3) is 0 Å². The third-order valence-corrected chi connectivity index (χ3v) is 3.59. The highest BCUT2D eigenvalue weighted by atomic mass is 16.3. The standard InChI is InChI=1S/C19H26N4O2/c1-3-15-7-5-8-16(13-15)23-18(24)14-22-19(20-4-2)21-11-10-17-9-6-12-25-17/h5-9,12-13H,3-4,10-11,14H2,1-2H3,(H,23,24)(H2,20,21,22). The third kappa shape index (κ3) is 6.71. The number of benzene rings is 1. The van der Waals surface area contributed by atoms with Crippen molar-refractivity contribution in [1.29, 1.82) is 0 Å². The quantitative estimate of drug-likeness (QED) is 0.509. The van der Waals surface area contributed by atoms with Gasteiger partial charge in [-0.3, -0.25) is 4.79 Å². The van der Waals surface area contributed by atoms with E-state index < -0.39 is 0 Å². The Morgan fingerprint density at radius 2 is 2.04 bits per heavy atom. The number of aryl methyl sites for hydroxylation is 1. The van der Waals surface area contributed by atoms with Gasteiger partial charge in [0.05, 0.1) is 6.26 Å². The summed E-state index contributed by atoms with van der Waals surface area (Å²) >= 11 is 0. The Hall–Kier alpha value is -2.76. The van der Waals surface area contributed by atoms with E-state index in [0.29, 0.717) is 12.5 Å². The van der Waals surface area contributed by atoms with Crippen LogP contribution < -0.4 is 16.0 Å². The van der Waals surface area contributed by atoms with Crippen molar-refractivity contribution in [2.24, 2.45) is 4.99 Å². The van der Waals surface area contributed by atoms with Gasteiger partial charge in [-0.1, -0.05) is 19.1 Å². The Bertz CT molecular complexity index is 680. The lowest BCUT2D eigenvalue weighted by Gasteiger charge is -2.11. The van der Waals surface area contributed by atoms with Crippen LogP contribution in [0.2, 0.25) is 0 Å². The highest BCUT2D eigenvalue weighted by Crippen LogP contribution is 2.10. The summed E-state index contributed by atoms with van der Waals surface area (Å²) in [6.07, 6.45) is 3.35. The van der Waals surface area contributed by atoms with Crippen molar-refractivity contribution in [2.45, 2.75) is 26.7 Å². The fourth-order valence-corrected chi connectivity index (χ4v) is 2.32. The second kappa shape index (κ2) is 10.2. The minimum absolute atomic E-state index is 0.0619. The largest absolute Gasteiger partial charge is 0.469 e. The van der Waals surface area contributed by atoms with E-state index in [2.05, 4.69) is 27.9 Å². The van der Waals surface area contributed by atoms with Crippen LogP contribution in [0, 0.1) is 0 Å². The molecule has 1 heterocycles. The van der Waals surface area contributed by atoms with Crippen LogP contribution in [0.25, 0.3) is 0 Å². The Morgan fingerprint density at radius 3 is 2.76 bits per heavy atom. The van der Waals surface area contributed by atoms with E-state index in [4.69, 9.17) is 4.42 Å². The first-order valence-electron chi connectivity index (χ1n) is 8.64. The van der Waals surface area contributed by atoms with Crippen molar-refractivity contribution in [3.8, 4) is 0 Å². The predicted molar refractivity (Wildman–Crippen MR) is 101 cm³/mol. The molecule has 134 valence electrons. The normalized spacial score (nSPS) is 11.2. The molecule has 1 aromatic carbocycles. The fourth-order valence-electron chi connectivity index (χ4n) is 2.32. The lowest BCUT2D eigenvalue weighted by molar-refractivity contribution is -0.114. The van der Waals surface area contributed by atoms with E-state index in [1.54, 1.807) is 6.26 Å². The molecular formula is C19H26N4O2. The van der Waals surface area contributed by atoms with Crippen LogP contribution >= 0.6 is 0 Å². The third-order valence-electron chi connectivity index (χ3n) is 3.59. The molecule has 25 heavy (non-hydrogen) atoms. The van der Waals surface area contributed by atoms with Crippen molar-refractivity contribution in [2.75, 3.05) is 25.0 Å². The van der Waals surface area contributed by atoms with Crippen LogP contribution in [0.5, 0.6) is 0 Å². The molecule has 2 aromatic rings. The zero-order valence-corrected chi connectivity index (χ0v) is 14.8. The van der Waals surface area contributed by atoms with Crippen LogP contribution in [0.3, 0.4) is 0 Å². The summed E-state index contributed by atoms with van der Waals surface area (Å²) in [5.74, 6) is 1.39. The van der Waals surface area contributed by atoms with Crippen LogP contribution in [0.15, 0.2) is 52.1 Å². The van der Waals surface area contributed by atoms with E-state index in [0.717, 1.165) is 30.8 Å². The molecule has 6 heteroatoms. The number of guanidine groups is 1. The Balaban J connectivity index is 1.82. The van der Waals surface area contributed by atoms with Gasteiger partial charge in [-0.15, -0.1) is 0 Å². The first-order valence-corrected chi connectivity index (χ1v) is 8.64. The SMILES string of the molecule is CCNC(=NCC(=O)Nc1cccc(CC)c1)NCCc1ccco1. The van der Waals surface area contributed by atoms with E-state index in [9.17, 15) is 4.79 Å². The van der Waals surface area contributed by atoms with Crippen molar-refractivity contribution in [1.82, 2.24) is 10.6 Å². The maximum absolute atomic E-state index is 12.1. The number of anilines is 1. The zero-order chi connectivity index (χ0) is 17.9. The van der Waals surface area contributed by atoms with Gasteiger partial charge in [0.2, 0.25) is 5.91 Å². The summed E-state index contributed by atoms with van der Waals surface area (Å²) in [4.78, 5) is 16.4. The number of furan rings is 1. The van der Waals surface area contributed by atoms with Gasteiger partial charge in [0, 0.05) is 25.2 Å². The molecule has 0 radical (unpaired) electrons. The lowest BCUT2D eigenvalue weighted by Crippen LogP contribution is -2.39. The maximum atomic E-state index is 12.1. The number of nitrogens with zero attached hydrogens (tertiary/aromatic N) is 1. The summed E-state index contributed by atoms with van der Waals surface area (Å²) in [6.45, 7) is 5.54. The maximum Gasteiger partial charge on any atom is 0.246 e. The second-order valence-corrected chi connectivity index (χ2v) is 5.55. The molecule has 1 amide bonds. The van der Waals surface area contributed by atoms with E-state index in [-0.39, 0.29) is 12.5 Å². The summed E-state index contributed by atoms with van der Waals surface area (Å²) in [5, 5.41) is 9.20. The zero-order valence-electron chi connectivity index (χ0n) is 14.8. The molecule has 3 N–H and O–H groups in total. The molecule has 0 unspecified atom stereocenters. The van der Waals surface area contributed by atoms with Crippen molar-refractivity contribution >= 4 is 17.6 Å². The molecule has 0 bridgehead atoms. The van der Waals surface area contributed by atoms with Gasteiger partial charge in [0.1, 0.15) is 12.3 Å². The minimum atomic E-state index is -0.142. The van der Waals surface area contributed by atoms with Gasteiger partial charge >= 0.3 is 0 Å². The number of nitrogens with one attached hydrogen (secondary N) is 3. The summed E-state index contributed by atoms with van der Waals surface area (Å²) in [7, 11) is 0. The van der Waals surface area contributed by atoms with Crippen LogP contribution in [-0.2, 0) is 17.6 Å². The van der Waals surface area contributed by atoms with E-state index >= 15 is 0 Å². The Morgan fingerprint density at radius 1 is 1.16 bits per heavy atom. The van der Waals surface area contributed by atoms with Crippen LogP contribution in [0.4, 0.5) is 5.69 Å². The monoisotopic (exact) mass is 342 g/mol. The van der Waals surface area contributed by atoms with Crippen molar-refractivity contribution in [3.63, 3.8) is 0 Å². The highest BCUT2D eigenvalue weighted by molar-refractivity contribution is 5.94. The second-order valence-electron chi connectivity index (χ2n) is 5.55. The van der Waals surface area contributed by atoms with Gasteiger partial charge in [0.15, 0.2) is 5.96 Å². The number of rotatable bonds is 8. The molecule has 0 fully saturated rings. The molecule has 0 aliphatic rings. The number of hydrogen-bond donors (Lipinski definition) is 3. The number of aliphatic imine (C=N–C) groups is 1. The molecule has 0 aliphatic heterocycles. The van der Waals surface area contributed by atoms with Crippen LogP contribution in [0.1, 0.15) is 25.2 Å². The molecule has 2 rings (SSSR count). The van der Waals surface area contributed by atoms with Gasteiger partial charge < -0.3 is 20.4 Å². The number of amides is 1. The molecule has 6 nitrogen and oxygen atoms in total. The fraction of sp³-hybridized carbons (Fsp3) is 0.368. The predicted octanol–water partition coefficient (Wildman–Crippen LogP) is 2.58. The Kier molecular flexibility index (Phi) is 7.56. The topological polar surface area (TPSA) is 78.7 Å². The average Bonchev–Trinajstić information content (AvgIpc) is 3.13. The van der Waals surface area contributed by atoms with Crippen molar-refractivity contribution < 1.29 is 9.21 Å². The molecule has 0 aliphatic carbocycles. The molecule has 0 saturated carbocycles. The summed E-state index contributed by atoms with van der Waals surface area (Å²) in [5.41, 5.74) is 1.99. The summed E-state index contributed by atoms with van der Waals surface area (Å²) < 4.78 is 5.29. The smallest absolute Gasteiger partial charge is 0.246 e. The molecular weight excluding hydrogens is 316 g/mol. The minimum Gasteiger partial charge on any atom is -0.469 e. The molecule has 1 aromatic heterocycles. The molecule has 0 saturated heterocycles. The first kappa shape index (κ1) is 18.6. The Labute approximate surface area is 148 Å². The molecule has 0 atom stereocenters. The first-order chi connectivity index (χ1) is 12.2. The number of carbonyl (C=O) groups is 1. The van der Waals surface area contributed by atoms with Gasteiger partial charge in [-0.25, -0.2) is 4.99 Å². The average molecular weight is 342 g/mol. The van der Waals surface area contributed by atoms with Crippen LogP contribution in [-0.4, -0.2) is 31.5 Å².